The lowest BCUT2D eigenvalue weighted by Gasteiger charge is -2.24. The first-order valence-corrected chi connectivity index (χ1v) is 9.66. The summed E-state index contributed by atoms with van der Waals surface area (Å²) >= 11 is 0. The van der Waals surface area contributed by atoms with Crippen LogP contribution in [0.5, 0.6) is 5.75 Å². The quantitative estimate of drug-likeness (QED) is 0.716. The Morgan fingerprint density at radius 1 is 1.19 bits per heavy atom. The zero-order valence-electron chi connectivity index (χ0n) is 16.4. The number of amides is 1. The molecule has 1 aliphatic rings. The van der Waals surface area contributed by atoms with Crippen LogP contribution < -0.4 is 4.74 Å². The zero-order valence-corrected chi connectivity index (χ0v) is 16.4. The van der Waals surface area contributed by atoms with Gasteiger partial charge in [0.25, 0.3) is 0 Å². The molecule has 0 bridgehead atoms. The van der Waals surface area contributed by atoms with Crippen molar-refractivity contribution in [3.05, 3.63) is 65.7 Å². The number of aryl methyl sites for hydroxylation is 1. The molecule has 1 amide bonds. The van der Waals surface area contributed by atoms with E-state index in [9.17, 15) is 4.79 Å². The highest BCUT2D eigenvalue weighted by atomic mass is 16.5. The summed E-state index contributed by atoms with van der Waals surface area (Å²) < 4.78 is 5.32. The topological polar surface area (TPSA) is 41.9 Å². The standard InChI is InChI=1S/C23H28N2O2/c1-17(2)22-16-21(19-12-8-13-20(15-19)27-3)24-25(22)23(26)14-7-11-18-9-5-4-6-10-18/h4-6,8-10,12-13,15,17,22H,7,11,14,16H2,1-3H3. The molecule has 1 heterocycles. The number of carbonyl (C=O) groups is 1. The summed E-state index contributed by atoms with van der Waals surface area (Å²) in [6.45, 7) is 4.30. The average Bonchev–Trinajstić information content (AvgIpc) is 3.15. The fraction of sp³-hybridized carbons (Fsp3) is 0.391. The summed E-state index contributed by atoms with van der Waals surface area (Å²) in [6, 6.07) is 18.3. The number of methoxy groups -OCH3 is 1. The second kappa shape index (κ2) is 8.85. The van der Waals surface area contributed by atoms with Crippen LogP contribution in [0.15, 0.2) is 59.7 Å². The molecule has 2 aromatic rings. The number of ether oxygens (including phenoxy) is 1. The van der Waals surface area contributed by atoms with Crippen LogP contribution in [0.25, 0.3) is 0 Å². The van der Waals surface area contributed by atoms with Gasteiger partial charge in [0.2, 0.25) is 5.91 Å². The number of hydrogen-bond donors (Lipinski definition) is 0. The summed E-state index contributed by atoms with van der Waals surface area (Å²) in [6.07, 6.45) is 3.07. The molecule has 142 valence electrons. The minimum absolute atomic E-state index is 0.113. The molecule has 1 unspecified atom stereocenters. The molecule has 0 N–H and O–H groups in total. The maximum absolute atomic E-state index is 12.8. The normalized spacial score (nSPS) is 16.5. The van der Waals surface area contributed by atoms with Crippen molar-refractivity contribution < 1.29 is 9.53 Å². The van der Waals surface area contributed by atoms with Gasteiger partial charge in [-0.1, -0.05) is 56.3 Å². The fourth-order valence-corrected chi connectivity index (χ4v) is 3.47. The minimum Gasteiger partial charge on any atom is -0.497 e. The lowest BCUT2D eigenvalue weighted by atomic mass is 9.96. The molecular formula is C23H28N2O2. The van der Waals surface area contributed by atoms with Gasteiger partial charge in [0.05, 0.1) is 18.9 Å². The average molecular weight is 364 g/mol. The van der Waals surface area contributed by atoms with E-state index in [0.29, 0.717) is 12.3 Å². The van der Waals surface area contributed by atoms with E-state index >= 15 is 0 Å². The highest BCUT2D eigenvalue weighted by Gasteiger charge is 2.33. The summed E-state index contributed by atoms with van der Waals surface area (Å²) in [7, 11) is 1.66. The first-order chi connectivity index (χ1) is 13.1. The number of nitrogens with zero attached hydrogens (tertiary/aromatic N) is 2. The zero-order chi connectivity index (χ0) is 19.2. The van der Waals surface area contributed by atoms with Gasteiger partial charge in [-0.2, -0.15) is 5.10 Å². The third-order valence-corrected chi connectivity index (χ3v) is 5.07. The van der Waals surface area contributed by atoms with E-state index in [2.05, 4.69) is 26.0 Å². The van der Waals surface area contributed by atoms with Gasteiger partial charge in [0.1, 0.15) is 5.75 Å². The second-order valence-corrected chi connectivity index (χ2v) is 7.37. The Hall–Kier alpha value is -2.62. The maximum Gasteiger partial charge on any atom is 0.242 e. The van der Waals surface area contributed by atoms with E-state index in [4.69, 9.17) is 9.84 Å². The minimum atomic E-state index is 0.113. The Morgan fingerprint density at radius 2 is 1.96 bits per heavy atom. The van der Waals surface area contributed by atoms with Gasteiger partial charge in [-0.15, -0.1) is 0 Å². The molecule has 0 radical (unpaired) electrons. The van der Waals surface area contributed by atoms with Crippen molar-refractivity contribution in [1.29, 1.82) is 0 Å². The lowest BCUT2D eigenvalue weighted by molar-refractivity contribution is -0.133. The van der Waals surface area contributed by atoms with Crippen molar-refractivity contribution in [2.24, 2.45) is 11.0 Å². The number of hydrazone groups is 1. The van der Waals surface area contributed by atoms with Crippen LogP contribution in [0, 0.1) is 5.92 Å². The molecule has 0 spiro atoms. The van der Waals surface area contributed by atoms with Crippen LogP contribution in [0.4, 0.5) is 0 Å². The second-order valence-electron chi connectivity index (χ2n) is 7.37. The van der Waals surface area contributed by atoms with Gasteiger partial charge in [-0.05, 0) is 36.5 Å². The smallest absolute Gasteiger partial charge is 0.242 e. The molecule has 4 nitrogen and oxygen atoms in total. The fourth-order valence-electron chi connectivity index (χ4n) is 3.47. The van der Waals surface area contributed by atoms with Gasteiger partial charge in [0.15, 0.2) is 0 Å². The number of rotatable bonds is 7. The van der Waals surface area contributed by atoms with Gasteiger partial charge < -0.3 is 4.74 Å². The Balaban J connectivity index is 1.68. The van der Waals surface area contributed by atoms with Gasteiger partial charge in [-0.3, -0.25) is 4.79 Å². The van der Waals surface area contributed by atoms with Crippen LogP contribution in [0.1, 0.15) is 44.2 Å². The molecule has 27 heavy (non-hydrogen) atoms. The molecule has 3 rings (SSSR count). The molecule has 1 atom stereocenters. The Labute approximate surface area is 161 Å². The number of benzene rings is 2. The molecule has 0 aliphatic carbocycles. The Morgan fingerprint density at radius 3 is 2.67 bits per heavy atom. The van der Waals surface area contributed by atoms with Crippen LogP contribution in [-0.4, -0.2) is 29.8 Å². The van der Waals surface area contributed by atoms with Gasteiger partial charge >= 0.3 is 0 Å². The SMILES string of the molecule is COc1cccc(C2=NN(C(=O)CCCc3ccccc3)C(C(C)C)C2)c1. The highest BCUT2D eigenvalue weighted by molar-refractivity contribution is 6.03. The predicted molar refractivity (Wildman–Crippen MR) is 109 cm³/mol. The van der Waals surface area contributed by atoms with E-state index in [-0.39, 0.29) is 11.9 Å². The monoisotopic (exact) mass is 364 g/mol. The van der Waals surface area contributed by atoms with E-state index < -0.39 is 0 Å². The maximum atomic E-state index is 12.8. The summed E-state index contributed by atoms with van der Waals surface area (Å²) in [4.78, 5) is 12.8. The number of carbonyl (C=O) groups excluding carboxylic acids is 1. The van der Waals surface area contributed by atoms with Crippen molar-refractivity contribution in [3.63, 3.8) is 0 Å². The molecule has 0 saturated heterocycles. The van der Waals surface area contributed by atoms with E-state index in [1.54, 1.807) is 12.1 Å². The summed E-state index contributed by atoms with van der Waals surface area (Å²) in [5.41, 5.74) is 3.26. The van der Waals surface area contributed by atoms with Crippen LogP contribution >= 0.6 is 0 Å². The third-order valence-electron chi connectivity index (χ3n) is 5.07. The Kier molecular flexibility index (Phi) is 6.28. The first-order valence-electron chi connectivity index (χ1n) is 9.66. The van der Waals surface area contributed by atoms with Crippen molar-refractivity contribution in [3.8, 4) is 5.75 Å². The molecular weight excluding hydrogens is 336 g/mol. The largest absolute Gasteiger partial charge is 0.497 e. The molecule has 2 aromatic carbocycles. The number of hydrogen-bond acceptors (Lipinski definition) is 3. The van der Waals surface area contributed by atoms with Gasteiger partial charge in [-0.25, -0.2) is 5.01 Å². The van der Waals surface area contributed by atoms with E-state index in [1.807, 2.05) is 42.5 Å². The molecule has 0 saturated carbocycles. The summed E-state index contributed by atoms with van der Waals surface area (Å²) in [5, 5.41) is 6.43. The van der Waals surface area contributed by atoms with E-state index in [1.165, 1.54) is 5.56 Å². The van der Waals surface area contributed by atoms with Crippen LogP contribution in [0.2, 0.25) is 0 Å². The van der Waals surface area contributed by atoms with Crippen molar-refractivity contribution in [1.82, 2.24) is 5.01 Å². The predicted octanol–water partition coefficient (Wildman–Crippen LogP) is 4.68. The lowest BCUT2D eigenvalue weighted by Crippen LogP contribution is -2.36. The van der Waals surface area contributed by atoms with E-state index in [0.717, 1.165) is 36.3 Å². The van der Waals surface area contributed by atoms with Gasteiger partial charge in [0, 0.05) is 18.4 Å². The van der Waals surface area contributed by atoms with Crippen LogP contribution in [0.3, 0.4) is 0 Å². The first kappa shape index (κ1) is 19.2. The Bertz CT molecular complexity index is 799. The molecule has 0 fully saturated rings. The molecule has 1 aliphatic heterocycles. The molecule has 0 aromatic heterocycles. The highest BCUT2D eigenvalue weighted by Crippen LogP contribution is 2.27. The van der Waals surface area contributed by atoms with Crippen molar-refractivity contribution >= 4 is 11.6 Å². The molecule has 4 heteroatoms. The van der Waals surface area contributed by atoms with Crippen molar-refractivity contribution in [2.75, 3.05) is 7.11 Å². The van der Waals surface area contributed by atoms with Crippen molar-refractivity contribution in [2.45, 2.75) is 45.6 Å². The summed E-state index contributed by atoms with van der Waals surface area (Å²) in [5.74, 6) is 1.28. The van der Waals surface area contributed by atoms with Crippen LogP contribution in [-0.2, 0) is 11.2 Å². The third kappa shape index (κ3) is 4.76.